The zero-order valence-corrected chi connectivity index (χ0v) is 9.73. The number of hydrogen-bond donors (Lipinski definition) is 0. The van der Waals surface area contributed by atoms with Crippen LogP contribution in [0.25, 0.3) is 10.8 Å². The Kier molecular flexibility index (Phi) is 3.25. The summed E-state index contributed by atoms with van der Waals surface area (Å²) in [6, 6.07) is 14.5. The molecule has 0 amide bonds. The SMILES string of the molecule is CC=C(CC)Oc1ccc2ccccc2c1. The quantitative estimate of drug-likeness (QED) is 0.679. The van der Waals surface area contributed by atoms with E-state index in [1.807, 2.05) is 31.2 Å². The van der Waals surface area contributed by atoms with Crippen molar-refractivity contribution in [2.24, 2.45) is 0 Å². The summed E-state index contributed by atoms with van der Waals surface area (Å²) in [6.07, 6.45) is 2.93. The molecule has 0 radical (unpaired) electrons. The molecule has 0 N–H and O–H groups in total. The molecule has 0 aliphatic carbocycles. The molecule has 1 heteroatoms. The Bertz CT molecular complexity index is 512. The number of ether oxygens (including phenoxy) is 1. The van der Waals surface area contributed by atoms with Crippen LogP contribution < -0.4 is 4.74 Å². The Labute approximate surface area is 96.4 Å². The van der Waals surface area contributed by atoms with E-state index in [-0.39, 0.29) is 0 Å². The molecule has 0 bridgehead atoms. The zero-order valence-electron chi connectivity index (χ0n) is 9.73. The van der Waals surface area contributed by atoms with Gasteiger partial charge in [-0.05, 0) is 35.9 Å². The molecule has 0 unspecified atom stereocenters. The molecule has 82 valence electrons. The molecule has 2 rings (SSSR count). The van der Waals surface area contributed by atoms with Crippen molar-refractivity contribution < 1.29 is 4.74 Å². The summed E-state index contributed by atoms with van der Waals surface area (Å²) >= 11 is 0. The van der Waals surface area contributed by atoms with E-state index in [1.165, 1.54) is 10.8 Å². The van der Waals surface area contributed by atoms with E-state index < -0.39 is 0 Å². The minimum atomic E-state index is 0.911. The third-order valence-corrected chi connectivity index (χ3v) is 2.64. The van der Waals surface area contributed by atoms with Gasteiger partial charge in [-0.25, -0.2) is 0 Å². The van der Waals surface area contributed by atoms with Crippen LogP contribution in [0.2, 0.25) is 0 Å². The second kappa shape index (κ2) is 4.84. The van der Waals surface area contributed by atoms with Crippen LogP contribution in [0.1, 0.15) is 20.3 Å². The first kappa shape index (κ1) is 10.7. The third kappa shape index (κ3) is 2.25. The van der Waals surface area contributed by atoms with Gasteiger partial charge >= 0.3 is 0 Å². The highest BCUT2D eigenvalue weighted by atomic mass is 16.5. The molecule has 0 atom stereocenters. The monoisotopic (exact) mass is 212 g/mol. The van der Waals surface area contributed by atoms with Crippen LogP contribution in [0, 0.1) is 0 Å². The molecule has 1 nitrogen and oxygen atoms in total. The number of benzene rings is 2. The van der Waals surface area contributed by atoms with Crippen LogP contribution in [0.3, 0.4) is 0 Å². The van der Waals surface area contributed by atoms with Crippen molar-refractivity contribution >= 4 is 10.8 Å². The van der Waals surface area contributed by atoms with Crippen molar-refractivity contribution in [1.82, 2.24) is 0 Å². The Morgan fingerprint density at radius 3 is 2.56 bits per heavy atom. The summed E-state index contributed by atoms with van der Waals surface area (Å²) in [5, 5.41) is 2.46. The highest BCUT2D eigenvalue weighted by Gasteiger charge is 1.99. The number of allylic oxidation sites excluding steroid dienone is 2. The largest absolute Gasteiger partial charge is 0.462 e. The van der Waals surface area contributed by atoms with E-state index in [2.05, 4.69) is 31.2 Å². The van der Waals surface area contributed by atoms with Crippen LogP contribution in [0.4, 0.5) is 0 Å². The van der Waals surface area contributed by atoms with Crippen molar-refractivity contribution in [3.8, 4) is 5.75 Å². The van der Waals surface area contributed by atoms with Gasteiger partial charge in [-0.15, -0.1) is 0 Å². The van der Waals surface area contributed by atoms with Gasteiger partial charge in [0, 0.05) is 6.42 Å². The van der Waals surface area contributed by atoms with Crippen molar-refractivity contribution in [2.75, 3.05) is 0 Å². The molecule has 0 spiro atoms. The summed E-state index contributed by atoms with van der Waals surface area (Å²) in [5.74, 6) is 1.92. The van der Waals surface area contributed by atoms with Gasteiger partial charge in [0.15, 0.2) is 0 Å². The van der Waals surface area contributed by atoms with E-state index in [4.69, 9.17) is 4.74 Å². The maximum atomic E-state index is 5.78. The van der Waals surface area contributed by atoms with E-state index in [0.29, 0.717) is 0 Å². The highest BCUT2D eigenvalue weighted by molar-refractivity contribution is 5.83. The van der Waals surface area contributed by atoms with Gasteiger partial charge < -0.3 is 4.74 Å². The second-order valence-corrected chi connectivity index (χ2v) is 3.72. The van der Waals surface area contributed by atoms with E-state index in [1.54, 1.807) is 0 Å². The van der Waals surface area contributed by atoms with Crippen molar-refractivity contribution in [2.45, 2.75) is 20.3 Å². The third-order valence-electron chi connectivity index (χ3n) is 2.64. The van der Waals surface area contributed by atoms with Crippen LogP contribution >= 0.6 is 0 Å². The summed E-state index contributed by atoms with van der Waals surface area (Å²) in [6.45, 7) is 4.09. The fourth-order valence-corrected chi connectivity index (χ4v) is 1.72. The molecular formula is C15H16O. The Morgan fingerprint density at radius 2 is 1.88 bits per heavy atom. The molecular weight excluding hydrogens is 196 g/mol. The second-order valence-electron chi connectivity index (χ2n) is 3.72. The summed E-state index contributed by atoms with van der Waals surface area (Å²) < 4.78 is 5.78. The Morgan fingerprint density at radius 1 is 1.12 bits per heavy atom. The predicted octanol–water partition coefficient (Wildman–Crippen LogP) is 4.53. The van der Waals surface area contributed by atoms with Crippen molar-refractivity contribution in [3.63, 3.8) is 0 Å². The average molecular weight is 212 g/mol. The fraction of sp³-hybridized carbons (Fsp3) is 0.200. The molecule has 0 fully saturated rings. The van der Waals surface area contributed by atoms with Gasteiger partial charge in [0.1, 0.15) is 5.75 Å². The smallest absolute Gasteiger partial charge is 0.127 e. The first-order valence-corrected chi connectivity index (χ1v) is 5.65. The first-order chi connectivity index (χ1) is 7.83. The van der Waals surface area contributed by atoms with Gasteiger partial charge in [0.2, 0.25) is 0 Å². The van der Waals surface area contributed by atoms with E-state index in [0.717, 1.165) is 17.9 Å². The number of rotatable bonds is 3. The highest BCUT2D eigenvalue weighted by Crippen LogP contribution is 2.22. The lowest BCUT2D eigenvalue weighted by molar-refractivity contribution is 0.409. The molecule has 16 heavy (non-hydrogen) atoms. The molecule has 2 aromatic carbocycles. The topological polar surface area (TPSA) is 9.23 Å². The van der Waals surface area contributed by atoms with Gasteiger partial charge in [0.25, 0.3) is 0 Å². The maximum Gasteiger partial charge on any atom is 0.127 e. The van der Waals surface area contributed by atoms with Crippen molar-refractivity contribution in [1.29, 1.82) is 0 Å². The average Bonchev–Trinajstić information content (AvgIpc) is 2.35. The lowest BCUT2D eigenvalue weighted by atomic mass is 10.1. The minimum Gasteiger partial charge on any atom is -0.462 e. The van der Waals surface area contributed by atoms with Gasteiger partial charge in [-0.2, -0.15) is 0 Å². The van der Waals surface area contributed by atoms with E-state index in [9.17, 15) is 0 Å². The molecule has 0 heterocycles. The van der Waals surface area contributed by atoms with Crippen LogP contribution in [0.15, 0.2) is 54.3 Å². The van der Waals surface area contributed by atoms with Gasteiger partial charge in [0.05, 0.1) is 5.76 Å². The fourth-order valence-electron chi connectivity index (χ4n) is 1.72. The maximum absolute atomic E-state index is 5.78. The van der Waals surface area contributed by atoms with Gasteiger partial charge in [-0.3, -0.25) is 0 Å². The van der Waals surface area contributed by atoms with Crippen LogP contribution in [0.5, 0.6) is 5.75 Å². The molecule has 0 saturated heterocycles. The lowest BCUT2D eigenvalue weighted by Gasteiger charge is -2.08. The van der Waals surface area contributed by atoms with Crippen LogP contribution in [-0.2, 0) is 0 Å². The van der Waals surface area contributed by atoms with Gasteiger partial charge in [-0.1, -0.05) is 37.3 Å². The number of fused-ring (bicyclic) bond motifs is 1. The number of hydrogen-bond acceptors (Lipinski definition) is 1. The van der Waals surface area contributed by atoms with Crippen LogP contribution in [-0.4, -0.2) is 0 Å². The molecule has 2 aromatic rings. The Balaban J connectivity index is 2.32. The standard InChI is InChI=1S/C15H16O/c1-3-14(4-2)16-15-10-9-12-7-5-6-8-13(12)11-15/h3,5-11H,4H2,1-2H3. The minimum absolute atomic E-state index is 0.911. The molecule has 0 aliphatic heterocycles. The lowest BCUT2D eigenvalue weighted by Crippen LogP contribution is -1.92. The Hall–Kier alpha value is -1.76. The normalized spacial score (nSPS) is 11.8. The summed E-state index contributed by atoms with van der Waals surface area (Å²) in [5.41, 5.74) is 0. The molecule has 0 aliphatic rings. The molecule has 0 saturated carbocycles. The molecule has 0 aromatic heterocycles. The summed E-state index contributed by atoms with van der Waals surface area (Å²) in [7, 11) is 0. The first-order valence-electron chi connectivity index (χ1n) is 5.65. The van der Waals surface area contributed by atoms with Crippen molar-refractivity contribution in [3.05, 3.63) is 54.3 Å². The predicted molar refractivity (Wildman–Crippen MR) is 68.6 cm³/mol. The summed E-state index contributed by atoms with van der Waals surface area (Å²) in [4.78, 5) is 0. The van der Waals surface area contributed by atoms with E-state index >= 15 is 0 Å². The zero-order chi connectivity index (χ0) is 11.4.